The highest BCUT2D eigenvalue weighted by atomic mass is 16.7. The molecule has 0 bridgehead atoms. The van der Waals surface area contributed by atoms with Crippen LogP contribution in [0.1, 0.15) is 19.4 Å². The number of rotatable bonds is 3. The minimum absolute atomic E-state index is 0.0233. The molecule has 1 atom stereocenters. The van der Waals surface area contributed by atoms with E-state index >= 15 is 0 Å². The van der Waals surface area contributed by atoms with Crippen molar-refractivity contribution in [2.24, 2.45) is 5.73 Å². The molecule has 1 aromatic carbocycles. The summed E-state index contributed by atoms with van der Waals surface area (Å²) in [4.78, 5) is 14.2. The quantitative estimate of drug-likeness (QED) is 0.895. The topological polar surface area (TPSA) is 74.0 Å². The molecule has 21 heavy (non-hydrogen) atoms. The second-order valence-electron chi connectivity index (χ2n) is 5.86. The summed E-state index contributed by atoms with van der Waals surface area (Å²) >= 11 is 0. The van der Waals surface area contributed by atoms with Crippen molar-refractivity contribution in [3.8, 4) is 11.5 Å². The lowest BCUT2D eigenvalue weighted by Gasteiger charge is -2.41. The molecule has 0 radical (unpaired) electrons. The van der Waals surface area contributed by atoms with Crippen LogP contribution in [-0.2, 0) is 16.1 Å². The third-order valence-corrected chi connectivity index (χ3v) is 3.76. The molecule has 1 amide bonds. The van der Waals surface area contributed by atoms with Gasteiger partial charge in [-0.05, 0) is 31.5 Å². The summed E-state index contributed by atoms with van der Waals surface area (Å²) in [5, 5.41) is 0. The molecule has 1 saturated heterocycles. The summed E-state index contributed by atoms with van der Waals surface area (Å²) in [7, 11) is 0. The molecular formula is C15H20N2O4. The van der Waals surface area contributed by atoms with Gasteiger partial charge in [0.1, 0.15) is 5.60 Å². The van der Waals surface area contributed by atoms with Crippen LogP contribution in [0.5, 0.6) is 11.5 Å². The summed E-state index contributed by atoms with van der Waals surface area (Å²) in [5.74, 6) is 1.44. The van der Waals surface area contributed by atoms with Crippen molar-refractivity contribution in [1.82, 2.24) is 4.90 Å². The lowest BCUT2D eigenvalue weighted by Crippen LogP contribution is -2.58. The van der Waals surface area contributed by atoms with E-state index in [1.54, 1.807) is 18.7 Å². The summed E-state index contributed by atoms with van der Waals surface area (Å²) < 4.78 is 16.4. The molecule has 0 aliphatic carbocycles. The SMILES string of the molecule is CC1(C)OC(CN)CN(Cc2ccc3c(c2)OCO3)C1=O. The van der Waals surface area contributed by atoms with E-state index in [1.807, 2.05) is 18.2 Å². The molecule has 0 spiro atoms. The van der Waals surface area contributed by atoms with Gasteiger partial charge in [-0.1, -0.05) is 6.07 Å². The van der Waals surface area contributed by atoms with E-state index in [9.17, 15) is 4.79 Å². The number of ether oxygens (including phenoxy) is 3. The van der Waals surface area contributed by atoms with Gasteiger partial charge in [0, 0.05) is 19.6 Å². The first kappa shape index (κ1) is 14.2. The molecule has 3 rings (SSSR count). The first-order chi connectivity index (χ1) is 9.99. The first-order valence-corrected chi connectivity index (χ1v) is 7.05. The summed E-state index contributed by atoms with van der Waals surface area (Å²) in [6, 6.07) is 5.73. The Kier molecular flexibility index (Phi) is 3.51. The molecule has 0 saturated carbocycles. The number of carbonyl (C=O) groups excluding carboxylic acids is 1. The number of fused-ring (bicyclic) bond motifs is 1. The molecular weight excluding hydrogens is 272 g/mol. The van der Waals surface area contributed by atoms with Crippen LogP contribution in [0.25, 0.3) is 0 Å². The van der Waals surface area contributed by atoms with Crippen LogP contribution < -0.4 is 15.2 Å². The first-order valence-electron chi connectivity index (χ1n) is 7.05. The Labute approximate surface area is 123 Å². The molecule has 0 aromatic heterocycles. The van der Waals surface area contributed by atoms with Gasteiger partial charge in [-0.3, -0.25) is 4.79 Å². The van der Waals surface area contributed by atoms with Gasteiger partial charge in [-0.2, -0.15) is 0 Å². The van der Waals surface area contributed by atoms with E-state index in [2.05, 4.69) is 0 Å². The van der Waals surface area contributed by atoms with Crippen molar-refractivity contribution in [3.05, 3.63) is 23.8 Å². The van der Waals surface area contributed by atoms with E-state index in [-0.39, 0.29) is 18.8 Å². The van der Waals surface area contributed by atoms with E-state index in [1.165, 1.54) is 0 Å². The lowest BCUT2D eigenvalue weighted by atomic mass is 10.0. The van der Waals surface area contributed by atoms with Gasteiger partial charge in [0.05, 0.1) is 6.10 Å². The number of carbonyl (C=O) groups is 1. The van der Waals surface area contributed by atoms with E-state index in [4.69, 9.17) is 19.9 Å². The zero-order chi connectivity index (χ0) is 15.0. The number of nitrogens with zero attached hydrogens (tertiary/aromatic N) is 1. The Morgan fingerprint density at radius 2 is 2.10 bits per heavy atom. The van der Waals surface area contributed by atoms with Gasteiger partial charge in [-0.25, -0.2) is 0 Å². The fourth-order valence-electron chi connectivity index (χ4n) is 2.73. The molecule has 1 aromatic rings. The zero-order valence-electron chi connectivity index (χ0n) is 12.3. The Morgan fingerprint density at radius 3 is 2.86 bits per heavy atom. The number of benzene rings is 1. The van der Waals surface area contributed by atoms with Gasteiger partial charge in [-0.15, -0.1) is 0 Å². The maximum absolute atomic E-state index is 12.5. The number of amides is 1. The highest BCUT2D eigenvalue weighted by Gasteiger charge is 2.40. The standard InChI is InChI=1S/C15H20N2O4/c1-15(2)14(18)17(8-11(6-16)21-15)7-10-3-4-12-13(5-10)20-9-19-12/h3-5,11H,6-9,16H2,1-2H3. The van der Waals surface area contributed by atoms with Crippen molar-refractivity contribution in [1.29, 1.82) is 0 Å². The van der Waals surface area contributed by atoms with Gasteiger partial charge in [0.25, 0.3) is 5.91 Å². The third kappa shape index (κ3) is 2.69. The van der Waals surface area contributed by atoms with Gasteiger partial charge in [0.15, 0.2) is 11.5 Å². The van der Waals surface area contributed by atoms with Gasteiger partial charge in [0.2, 0.25) is 6.79 Å². The van der Waals surface area contributed by atoms with Crippen molar-refractivity contribution in [2.45, 2.75) is 32.1 Å². The Morgan fingerprint density at radius 1 is 1.33 bits per heavy atom. The average molecular weight is 292 g/mol. The van der Waals surface area contributed by atoms with Gasteiger partial charge < -0.3 is 24.8 Å². The number of nitrogens with two attached hydrogens (primary N) is 1. The van der Waals surface area contributed by atoms with Crippen LogP contribution in [0.4, 0.5) is 0 Å². The van der Waals surface area contributed by atoms with Crippen molar-refractivity contribution in [2.75, 3.05) is 19.9 Å². The summed E-state index contributed by atoms with van der Waals surface area (Å²) in [5.41, 5.74) is 5.87. The van der Waals surface area contributed by atoms with E-state index in [0.29, 0.717) is 19.6 Å². The monoisotopic (exact) mass is 292 g/mol. The molecule has 6 nitrogen and oxygen atoms in total. The largest absolute Gasteiger partial charge is 0.454 e. The second-order valence-corrected chi connectivity index (χ2v) is 5.86. The predicted molar refractivity (Wildman–Crippen MR) is 76.0 cm³/mol. The highest BCUT2D eigenvalue weighted by Crippen LogP contribution is 2.33. The normalized spacial score (nSPS) is 23.5. The minimum Gasteiger partial charge on any atom is -0.454 e. The second kappa shape index (κ2) is 5.20. The average Bonchev–Trinajstić information content (AvgIpc) is 2.91. The van der Waals surface area contributed by atoms with Crippen LogP contribution in [0.2, 0.25) is 0 Å². The van der Waals surface area contributed by atoms with Crippen LogP contribution >= 0.6 is 0 Å². The molecule has 6 heteroatoms. The molecule has 2 N–H and O–H groups in total. The molecule has 1 unspecified atom stereocenters. The van der Waals surface area contributed by atoms with Crippen LogP contribution in [0.15, 0.2) is 18.2 Å². The van der Waals surface area contributed by atoms with Crippen LogP contribution in [-0.4, -0.2) is 42.4 Å². The fraction of sp³-hybridized carbons (Fsp3) is 0.533. The summed E-state index contributed by atoms with van der Waals surface area (Å²) in [6.07, 6.45) is -0.133. The van der Waals surface area contributed by atoms with Gasteiger partial charge >= 0.3 is 0 Å². The van der Waals surface area contributed by atoms with Crippen LogP contribution in [0.3, 0.4) is 0 Å². The minimum atomic E-state index is -0.835. The molecule has 1 fully saturated rings. The maximum atomic E-state index is 12.5. The van der Waals surface area contributed by atoms with E-state index < -0.39 is 5.60 Å². The number of hydrogen-bond donors (Lipinski definition) is 1. The Bertz CT molecular complexity index is 559. The van der Waals surface area contributed by atoms with Crippen molar-refractivity contribution >= 4 is 5.91 Å². The maximum Gasteiger partial charge on any atom is 0.254 e. The van der Waals surface area contributed by atoms with Crippen LogP contribution in [0, 0.1) is 0 Å². The predicted octanol–water partition coefficient (Wildman–Crippen LogP) is 0.880. The molecule has 114 valence electrons. The molecule has 2 heterocycles. The summed E-state index contributed by atoms with van der Waals surface area (Å²) in [6.45, 7) is 5.23. The lowest BCUT2D eigenvalue weighted by molar-refractivity contribution is -0.179. The fourth-order valence-corrected chi connectivity index (χ4v) is 2.73. The number of hydrogen-bond acceptors (Lipinski definition) is 5. The Hall–Kier alpha value is -1.79. The molecule has 2 aliphatic heterocycles. The van der Waals surface area contributed by atoms with Crippen molar-refractivity contribution in [3.63, 3.8) is 0 Å². The molecule has 2 aliphatic rings. The van der Waals surface area contributed by atoms with Crippen molar-refractivity contribution < 1.29 is 19.0 Å². The third-order valence-electron chi connectivity index (χ3n) is 3.76. The smallest absolute Gasteiger partial charge is 0.254 e. The Balaban J connectivity index is 1.78. The van der Waals surface area contributed by atoms with E-state index in [0.717, 1.165) is 17.1 Å². The zero-order valence-corrected chi connectivity index (χ0v) is 12.3. The highest BCUT2D eigenvalue weighted by molar-refractivity contribution is 5.85. The number of morpholine rings is 1.